The molecule has 0 radical (unpaired) electrons. The van der Waals surface area contributed by atoms with Gasteiger partial charge in [0.1, 0.15) is 0 Å². The monoisotopic (exact) mass is 734 g/mol. The Hall–Kier alpha value is -6.90. The van der Waals surface area contributed by atoms with Crippen LogP contribution in [0, 0.1) is 0 Å². The Bertz CT molecular complexity index is 2680. The summed E-state index contributed by atoms with van der Waals surface area (Å²) in [4.78, 5) is 4.65. The van der Waals surface area contributed by atoms with Gasteiger partial charge in [-0.3, -0.25) is 0 Å². The number of anilines is 6. The predicted molar refractivity (Wildman–Crippen MR) is 245 cm³/mol. The third kappa shape index (κ3) is 6.85. The summed E-state index contributed by atoms with van der Waals surface area (Å²) in [5.74, 6) is 0. The fourth-order valence-corrected chi connectivity index (χ4v) is 8.18. The van der Waals surface area contributed by atoms with Crippen LogP contribution >= 0.6 is 0 Å². The summed E-state index contributed by atoms with van der Waals surface area (Å²) in [5.41, 5.74) is 13.1. The van der Waals surface area contributed by atoms with E-state index in [4.69, 9.17) is 0 Å². The number of fused-ring (bicyclic) bond motifs is 2. The van der Waals surface area contributed by atoms with E-state index in [-0.39, 0.29) is 5.41 Å². The van der Waals surface area contributed by atoms with Crippen molar-refractivity contribution < 1.29 is 0 Å². The minimum absolute atomic E-state index is 0.0347. The fraction of sp³-hybridized carbons (Fsp3) is 0.0909. The van der Waals surface area contributed by atoms with Crippen molar-refractivity contribution >= 4 is 55.7 Å². The zero-order chi connectivity index (χ0) is 38.8. The largest absolute Gasteiger partial charge is 0.311 e. The molecule has 0 bridgehead atoms. The van der Waals surface area contributed by atoms with Crippen molar-refractivity contribution in [2.45, 2.75) is 32.6 Å². The number of nitrogens with zero attached hydrogens (tertiary/aromatic N) is 2. The summed E-state index contributed by atoms with van der Waals surface area (Å²) < 4.78 is 0. The van der Waals surface area contributed by atoms with Crippen molar-refractivity contribution in [1.82, 2.24) is 0 Å². The minimum Gasteiger partial charge on any atom is -0.311 e. The standard InChI is InChI=1S/C55H46N2/c1-4-55(2,3)42-33-38-51-52(39-42)54(41-31-36-48(37-32-41)57(45-23-13-7-14-24-45)46-25-15-8-16-26-46)50-28-18-17-27-49(50)53(51)40-29-34-47(35-30-40)56(43-19-9-5-10-20-43)44-21-11-6-12-22-44/h5-39H,4H2,1-3H3. The molecule has 0 N–H and O–H groups in total. The molecule has 2 heteroatoms. The molecule has 0 amide bonds. The molecular weight excluding hydrogens is 689 g/mol. The Morgan fingerprint density at radius 3 is 1.02 bits per heavy atom. The normalized spacial score (nSPS) is 11.5. The average molecular weight is 735 g/mol. The van der Waals surface area contributed by atoms with Crippen molar-refractivity contribution in [3.8, 4) is 22.3 Å². The number of hydrogen-bond donors (Lipinski definition) is 0. The van der Waals surface area contributed by atoms with E-state index < -0.39 is 0 Å². The van der Waals surface area contributed by atoms with Gasteiger partial charge < -0.3 is 9.80 Å². The van der Waals surface area contributed by atoms with E-state index in [2.05, 4.69) is 243 Å². The molecule has 0 unspecified atom stereocenters. The lowest BCUT2D eigenvalue weighted by molar-refractivity contribution is 0.507. The smallest absolute Gasteiger partial charge is 0.0462 e. The average Bonchev–Trinajstić information content (AvgIpc) is 3.28. The third-order valence-electron chi connectivity index (χ3n) is 11.6. The molecule has 276 valence electrons. The molecule has 0 saturated carbocycles. The summed E-state index contributed by atoms with van der Waals surface area (Å²) in [6, 6.07) is 76.9. The Morgan fingerprint density at radius 1 is 0.333 bits per heavy atom. The van der Waals surface area contributed by atoms with E-state index in [1.54, 1.807) is 0 Å². The second-order valence-corrected chi connectivity index (χ2v) is 15.4. The zero-order valence-electron chi connectivity index (χ0n) is 32.8. The molecule has 57 heavy (non-hydrogen) atoms. The Kier molecular flexibility index (Phi) is 9.62. The van der Waals surface area contributed by atoms with Crippen LogP contribution in [0.1, 0.15) is 32.8 Å². The van der Waals surface area contributed by atoms with Crippen molar-refractivity contribution in [2.24, 2.45) is 0 Å². The number of rotatable bonds is 10. The highest BCUT2D eigenvalue weighted by molar-refractivity contribution is 6.21. The minimum atomic E-state index is 0.0347. The topological polar surface area (TPSA) is 6.48 Å². The summed E-state index contributed by atoms with van der Waals surface area (Å²) in [6.45, 7) is 7.00. The van der Waals surface area contributed by atoms with Gasteiger partial charge in [0.15, 0.2) is 0 Å². The first-order valence-electron chi connectivity index (χ1n) is 20.0. The van der Waals surface area contributed by atoms with Gasteiger partial charge in [0.25, 0.3) is 0 Å². The predicted octanol–water partition coefficient (Wildman–Crippen LogP) is 16.0. The Morgan fingerprint density at radius 2 is 0.649 bits per heavy atom. The van der Waals surface area contributed by atoms with Crippen LogP contribution in [0.4, 0.5) is 34.1 Å². The van der Waals surface area contributed by atoms with E-state index in [1.807, 2.05) is 0 Å². The van der Waals surface area contributed by atoms with Crippen molar-refractivity contribution in [1.29, 1.82) is 0 Å². The first-order chi connectivity index (χ1) is 28.0. The van der Waals surface area contributed by atoms with Gasteiger partial charge in [-0.2, -0.15) is 0 Å². The molecule has 0 spiro atoms. The maximum absolute atomic E-state index is 2.47. The summed E-state index contributed by atoms with van der Waals surface area (Å²) in [7, 11) is 0. The molecule has 0 aliphatic heterocycles. The number of benzene rings is 9. The van der Waals surface area contributed by atoms with Crippen LogP contribution in [0.2, 0.25) is 0 Å². The van der Waals surface area contributed by atoms with Gasteiger partial charge in [-0.1, -0.05) is 154 Å². The summed E-state index contributed by atoms with van der Waals surface area (Å²) in [5, 5.41) is 5.03. The van der Waals surface area contributed by atoms with Gasteiger partial charge in [-0.25, -0.2) is 0 Å². The Labute approximate surface area is 336 Å². The Balaban J connectivity index is 1.22. The molecule has 0 heterocycles. The molecule has 9 aromatic carbocycles. The van der Waals surface area contributed by atoms with Crippen LogP contribution in [0.15, 0.2) is 212 Å². The summed E-state index contributed by atoms with van der Waals surface area (Å²) in [6.07, 6.45) is 1.05. The lowest BCUT2D eigenvalue weighted by atomic mass is 9.79. The first kappa shape index (κ1) is 35.8. The van der Waals surface area contributed by atoms with E-state index >= 15 is 0 Å². The molecule has 0 saturated heterocycles. The van der Waals surface area contributed by atoms with E-state index in [0.29, 0.717) is 0 Å². The van der Waals surface area contributed by atoms with Gasteiger partial charge in [-0.05, 0) is 140 Å². The lowest BCUT2D eigenvalue weighted by Gasteiger charge is -2.27. The zero-order valence-corrected chi connectivity index (χ0v) is 32.8. The molecule has 0 fully saturated rings. The van der Waals surface area contributed by atoms with Crippen LogP contribution in [-0.2, 0) is 5.41 Å². The van der Waals surface area contributed by atoms with Gasteiger partial charge in [0, 0.05) is 34.1 Å². The molecule has 0 aromatic heterocycles. The maximum Gasteiger partial charge on any atom is 0.0462 e. The summed E-state index contributed by atoms with van der Waals surface area (Å²) >= 11 is 0. The molecular formula is C55H46N2. The van der Waals surface area contributed by atoms with Gasteiger partial charge in [0.05, 0.1) is 0 Å². The van der Waals surface area contributed by atoms with Crippen LogP contribution in [0.3, 0.4) is 0 Å². The molecule has 2 nitrogen and oxygen atoms in total. The fourth-order valence-electron chi connectivity index (χ4n) is 8.18. The molecule has 0 aliphatic rings. The molecule has 9 rings (SSSR count). The van der Waals surface area contributed by atoms with Crippen molar-refractivity contribution in [2.75, 3.05) is 9.80 Å². The highest BCUT2D eigenvalue weighted by atomic mass is 15.1. The van der Waals surface area contributed by atoms with E-state index in [9.17, 15) is 0 Å². The second kappa shape index (κ2) is 15.3. The van der Waals surface area contributed by atoms with Crippen LogP contribution < -0.4 is 9.80 Å². The molecule has 0 aliphatic carbocycles. The van der Waals surface area contributed by atoms with E-state index in [1.165, 1.54) is 49.4 Å². The number of para-hydroxylation sites is 4. The third-order valence-corrected chi connectivity index (χ3v) is 11.6. The molecule has 0 atom stereocenters. The van der Waals surface area contributed by atoms with E-state index in [0.717, 1.165) is 40.5 Å². The van der Waals surface area contributed by atoms with Crippen LogP contribution in [0.25, 0.3) is 43.8 Å². The highest BCUT2D eigenvalue weighted by Gasteiger charge is 2.23. The van der Waals surface area contributed by atoms with Crippen LogP contribution in [0.5, 0.6) is 0 Å². The van der Waals surface area contributed by atoms with Crippen molar-refractivity contribution in [3.63, 3.8) is 0 Å². The van der Waals surface area contributed by atoms with Gasteiger partial charge >= 0.3 is 0 Å². The number of hydrogen-bond acceptors (Lipinski definition) is 2. The first-order valence-corrected chi connectivity index (χ1v) is 20.0. The quantitative estimate of drug-likeness (QED) is 0.129. The van der Waals surface area contributed by atoms with Crippen molar-refractivity contribution in [3.05, 3.63) is 218 Å². The van der Waals surface area contributed by atoms with Crippen LogP contribution in [-0.4, -0.2) is 0 Å². The lowest BCUT2D eigenvalue weighted by Crippen LogP contribution is -2.15. The highest BCUT2D eigenvalue weighted by Crippen LogP contribution is 2.46. The SMILES string of the molecule is CCC(C)(C)c1ccc2c(-c3ccc(N(c4ccccc4)c4ccccc4)cc3)c3ccccc3c(-c3ccc(N(c4ccccc4)c4ccccc4)cc3)c2c1. The van der Waals surface area contributed by atoms with Gasteiger partial charge in [0.2, 0.25) is 0 Å². The van der Waals surface area contributed by atoms with Gasteiger partial charge in [-0.15, -0.1) is 0 Å². The maximum atomic E-state index is 2.47. The second-order valence-electron chi connectivity index (χ2n) is 15.4. The molecule has 9 aromatic rings.